The van der Waals surface area contributed by atoms with Gasteiger partial charge in [-0.25, -0.2) is 9.36 Å². The van der Waals surface area contributed by atoms with E-state index in [0.717, 1.165) is 12.7 Å². The van der Waals surface area contributed by atoms with Gasteiger partial charge in [-0.15, -0.1) is 0 Å². The fourth-order valence-corrected chi connectivity index (χ4v) is 1.42. The van der Waals surface area contributed by atoms with Crippen LogP contribution in [0.5, 0.6) is 0 Å². The highest BCUT2D eigenvalue weighted by atomic mass is 31.1. The van der Waals surface area contributed by atoms with Gasteiger partial charge in [-0.2, -0.15) is 0 Å². The van der Waals surface area contributed by atoms with Crippen LogP contribution in [-0.2, 0) is 25.0 Å². The van der Waals surface area contributed by atoms with Crippen LogP contribution in [0.3, 0.4) is 0 Å². The van der Waals surface area contributed by atoms with Crippen LogP contribution >= 0.6 is 8.25 Å². The van der Waals surface area contributed by atoms with Gasteiger partial charge in [0, 0.05) is 0 Å². The quantitative estimate of drug-likeness (QED) is 0.587. The maximum atomic E-state index is 11.0. The summed E-state index contributed by atoms with van der Waals surface area (Å²) in [6.07, 6.45) is -1.01. The van der Waals surface area contributed by atoms with Gasteiger partial charge in [0.05, 0.1) is 13.7 Å². The number of carbonyl (C=O) groups excluding carboxylic acids is 1. The van der Waals surface area contributed by atoms with Gasteiger partial charge in [0.25, 0.3) is 0 Å². The molecule has 0 amide bonds. The molecule has 0 radical (unpaired) electrons. The minimum absolute atomic E-state index is 0.135. The second-order valence-corrected chi connectivity index (χ2v) is 3.57. The maximum absolute atomic E-state index is 11.0. The van der Waals surface area contributed by atoms with E-state index in [4.69, 9.17) is 4.52 Å². The van der Waals surface area contributed by atoms with E-state index in [-0.39, 0.29) is 6.61 Å². The van der Waals surface area contributed by atoms with Crippen LogP contribution in [0, 0.1) is 0 Å². The van der Waals surface area contributed by atoms with Gasteiger partial charge in [0.1, 0.15) is 0 Å². The second kappa shape index (κ2) is 6.22. The van der Waals surface area contributed by atoms with Crippen molar-refractivity contribution in [2.75, 3.05) is 7.11 Å². The van der Waals surface area contributed by atoms with Crippen molar-refractivity contribution in [3.8, 4) is 0 Å². The molecule has 0 aliphatic carbocycles. The monoisotopic (exact) mass is 230 g/mol. The Morgan fingerprint density at radius 1 is 1.33 bits per heavy atom. The van der Waals surface area contributed by atoms with Crippen LogP contribution in [0.2, 0.25) is 0 Å². The topological polar surface area (TPSA) is 61.8 Å². The van der Waals surface area contributed by atoms with E-state index < -0.39 is 14.4 Å². The molecule has 0 fully saturated rings. The van der Waals surface area contributed by atoms with Gasteiger partial charge in [0.15, 0.2) is 0 Å². The molecular weight excluding hydrogens is 219 g/mol. The summed E-state index contributed by atoms with van der Waals surface area (Å²) in [5.74, 6) is 0. The summed E-state index contributed by atoms with van der Waals surface area (Å²) in [7, 11) is -1.69. The molecule has 0 saturated heterocycles. The molecule has 0 bridgehead atoms. The summed E-state index contributed by atoms with van der Waals surface area (Å²) in [4.78, 5) is 10.5. The third-order valence-corrected chi connectivity index (χ3v) is 2.25. The van der Waals surface area contributed by atoms with E-state index in [2.05, 4.69) is 9.26 Å². The fourth-order valence-electron chi connectivity index (χ4n) is 0.856. The third kappa shape index (κ3) is 4.63. The molecule has 0 saturated carbocycles. The molecule has 0 aliphatic rings. The first-order valence-corrected chi connectivity index (χ1v) is 5.41. The summed E-state index contributed by atoms with van der Waals surface area (Å²) in [6, 6.07) is 9.15. The molecule has 1 unspecified atom stereocenters. The standard InChI is InChI=1S/C9H11O5P/c1-12-9(10)14-15(11)13-7-8-5-3-2-4-6-8/h2-6,15H,7H2,1H3. The molecule has 15 heavy (non-hydrogen) atoms. The first-order chi connectivity index (χ1) is 7.22. The molecule has 82 valence electrons. The van der Waals surface area contributed by atoms with E-state index >= 15 is 0 Å². The van der Waals surface area contributed by atoms with E-state index in [1.165, 1.54) is 0 Å². The van der Waals surface area contributed by atoms with Gasteiger partial charge in [-0.05, 0) is 5.56 Å². The summed E-state index contributed by atoms with van der Waals surface area (Å²) in [5.41, 5.74) is 0.851. The second-order valence-electron chi connectivity index (χ2n) is 2.58. The van der Waals surface area contributed by atoms with Crippen molar-refractivity contribution < 1.29 is 23.1 Å². The molecule has 0 aromatic heterocycles. The number of rotatable bonds is 4. The van der Waals surface area contributed by atoms with E-state index in [1.807, 2.05) is 30.3 Å². The van der Waals surface area contributed by atoms with Crippen LogP contribution in [-0.4, -0.2) is 13.3 Å². The van der Waals surface area contributed by atoms with Crippen LogP contribution in [0.1, 0.15) is 5.56 Å². The minimum Gasteiger partial charge on any atom is -0.437 e. The zero-order chi connectivity index (χ0) is 11.1. The van der Waals surface area contributed by atoms with Gasteiger partial charge in [-0.1, -0.05) is 30.3 Å². The average Bonchev–Trinajstić information content (AvgIpc) is 2.27. The first kappa shape index (κ1) is 11.8. The molecule has 0 N–H and O–H groups in total. The maximum Gasteiger partial charge on any atom is 0.514 e. The lowest BCUT2D eigenvalue weighted by Crippen LogP contribution is -1.98. The lowest BCUT2D eigenvalue weighted by Gasteiger charge is -2.04. The number of ether oxygens (including phenoxy) is 1. The molecule has 6 heteroatoms. The van der Waals surface area contributed by atoms with Crippen molar-refractivity contribution in [2.45, 2.75) is 6.61 Å². The average molecular weight is 230 g/mol. The Balaban J connectivity index is 2.32. The van der Waals surface area contributed by atoms with Crippen molar-refractivity contribution in [2.24, 2.45) is 0 Å². The van der Waals surface area contributed by atoms with Crippen LogP contribution in [0.15, 0.2) is 30.3 Å². The van der Waals surface area contributed by atoms with Crippen molar-refractivity contribution in [3.63, 3.8) is 0 Å². The van der Waals surface area contributed by atoms with Crippen LogP contribution in [0.4, 0.5) is 4.79 Å². The Morgan fingerprint density at radius 3 is 2.60 bits per heavy atom. The number of hydrogen-bond acceptors (Lipinski definition) is 5. The van der Waals surface area contributed by atoms with Crippen molar-refractivity contribution in [3.05, 3.63) is 35.9 Å². The van der Waals surface area contributed by atoms with Gasteiger partial charge in [-0.3, -0.25) is 4.52 Å². The largest absolute Gasteiger partial charge is 0.514 e. The smallest absolute Gasteiger partial charge is 0.437 e. The fraction of sp³-hybridized carbons (Fsp3) is 0.222. The Kier molecular flexibility index (Phi) is 4.87. The Morgan fingerprint density at radius 2 is 2.00 bits per heavy atom. The van der Waals surface area contributed by atoms with Gasteiger partial charge in [0.2, 0.25) is 0 Å². The molecule has 1 atom stereocenters. The normalized spacial score (nSPS) is 11.8. The van der Waals surface area contributed by atoms with Crippen molar-refractivity contribution >= 4 is 14.4 Å². The van der Waals surface area contributed by atoms with Gasteiger partial charge >= 0.3 is 14.4 Å². The SMILES string of the molecule is COC(=O)O[PH](=O)OCc1ccccc1. The highest BCUT2D eigenvalue weighted by molar-refractivity contribution is 7.33. The molecule has 0 aliphatic heterocycles. The number of hydrogen-bond donors (Lipinski definition) is 0. The molecule has 0 spiro atoms. The van der Waals surface area contributed by atoms with Crippen molar-refractivity contribution in [1.29, 1.82) is 0 Å². The zero-order valence-electron chi connectivity index (χ0n) is 8.14. The predicted octanol–water partition coefficient (Wildman–Crippen LogP) is 2.38. The van der Waals surface area contributed by atoms with Crippen LogP contribution in [0.25, 0.3) is 0 Å². The molecule has 1 aromatic carbocycles. The Labute approximate surface area is 87.9 Å². The summed E-state index contributed by atoms with van der Waals surface area (Å²) in [5, 5.41) is 0. The molecule has 1 rings (SSSR count). The molecule has 1 aromatic rings. The Hall–Kier alpha value is -1.32. The Bertz CT molecular complexity index is 338. The summed E-state index contributed by atoms with van der Waals surface area (Å²) >= 11 is 0. The molecular formula is C9H11O5P. The third-order valence-electron chi connectivity index (χ3n) is 1.53. The summed E-state index contributed by atoms with van der Waals surface area (Å²) < 4.78 is 24.3. The number of methoxy groups -OCH3 is 1. The highest BCUT2D eigenvalue weighted by Crippen LogP contribution is 2.25. The molecule has 5 nitrogen and oxygen atoms in total. The summed E-state index contributed by atoms with van der Waals surface area (Å²) in [6.45, 7) is 0.135. The lowest BCUT2D eigenvalue weighted by molar-refractivity contribution is 0.114. The predicted molar refractivity (Wildman–Crippen MR) is 53.7 cm³/mol. The van der Waals surface area contributed by atoms with E-state index in [0.29, 0.717) is 0 Å². The van der Waals surface area contributed by atoms with Crippen molar-refractivity contribution in [1.82, 2.24) is 0 Å². The van der Waals surface area contributed by atoms with E-state index in [1.54, 1.807) is 0 Å². The van der Waals surface area contributed by atoms with Gasteiger partial charge < -0.3 is 9.26 Å². The van der Waals surface area contributed by atoms with Crippen LogP contribution < -0.4 is 0 Å². The van der Waals surface area contributed by atoms with E-state index in [9.17, 15) is 9.36 Å². The zero-order valence-corrected chi connectivity index (χ0v) is 9.14. The number of benzene rings is 1. The highest BCUT2D eigenvalue weighted by Gasteiger charge is 2.07. The lowest BCUT2D eigenvalue weighted by atomic mass is 10.2. The first-order valence-electron chi connectivity index (χ1n) is 4.19. The number of carbonyl (C=O) groups is 1. The minimum atomic E-state index is -2.82. The molecule has 0 heterocycles.